The molecule has 1 saturated heterocycles. The molecule has 1 amide bonds. The van der Waals surface area contributed by atoms with Crippen molar-refractivity contribution in [3.05, 3.63) is 0 Å². The summed E-state index contributed by atoms with van der Waals surface area (Å²) in [4.78, 5) is 14.3. The minimum absolute atomic E-state index is 0.000156. The van der Waals surface area contributed by atoms with Gasteiger partial charge in [0.05, 0.1) is 18.2 Å². The maximum Gasteiger partial charge on any atom is 0.240 e. The highest BCUT2D eigenvalue weighted by molar-refractivity contribution is 5.83. The van der Waals surface area contributed by atoms with E-state index in [0.717, 1.165) is 32.4 Å². The van der Waals surface area contributed by atoms with Gasteiger partial charge in [-0.2, -0.15) is 0 Å². The highest BCUT2D eigenvalue weighted by Gasteiger charge is 2.37. The number of piperidine rings is 1. The molecule has 0 radical (unpaired) electrons. The van der Waals surface area contributed by atoms with E-state index in [-0.39, 0.29) is 17.5 Å². The minimum atomic E-state index is -0.210. The Morgan fingerprint density at radius 2 is 2.24 bits per heavy atom. The van der Waals surface area contributed by atoms with Crippen LogP contribution in [0.5, 0.6) is 0 Å². The van der Waals surface area contributed by atoms with E-state index in [4.69, 9.17) is 4.74 Å². The lowest BCUT2D eigenvalue weighted by Crippen LogP contribution is -2.59. The van der Waals surface area contributed by atoms with Gasteiger partial charge in [0, 0.05) is 13.7 Å². The first-order valence-corrected chi connectivity index (χ1v) is 6.56. The summed E-state index contributed by atoms with van der Waals surface area (Å²) in [7, 11) is 1.68. The third-order valence-corrected chi connectivity index (χ3v) is 3.31. The maximum atomic E-state index is 12.4. The molecule has 1 atom stereocenters. The summed E-state index contributed by atoms with van der Waals surface area (Å²) in [6.45, 7) is 8.59. The average molecular weight is 242 g/mol. The zero-order chi connectivity index (χ0) is 12.9. The second kappa shape index (κ2) is 6.36. The summed E-state index contributed by atoms with van der Waals surface area (Å²) in [5.41, 5.74) is -0.210. The monoisotopic (exact) mass is 242 g/mol. The first-order valence-electron chi connectivity index (χ1n) is 6.56. The van der Waals surface area contributed by atoms with Crippen LogP contribution < -0.4 is 5.32 Å². The summed E-state index contributed by atoms with van der Waals surface area (Å²) in [5, 5.41) is 3.33. The number of rotatable bonds is 6. The second-order valence-electron chi connectivity index (χ2n) is 5.38. The van der Waals surface area contributed by atoms with E-state index in [9.17, 15) is 4.79 Å². The van der Waals surface area contributed by atoms with Gasteiger partial charge in [0.1, 0.15) is 0 Å². The van der Waals surface area contributed by atoms with Crippen LogP contribution in [0, 0.1) is 0 Å². The van der Waals surface area contributed by atoms with Crippen molar-refractivity contribution in [2.75, 3.05) is 26.8 Å². The molecule has 1 aliphatic rings. The number of nitrogens with zero attached hydrogens (tertiary/aromatic N) is 1. The predicted molar refractivity (Wildman–Crippen MR) is 69.0 cm³/mol. The van der Waals surface area contributed by atoms with Crippen LogP contribution in [-0.4, -0.2) is 49.2 Å². The summed E-state index contributed by atoms with van der Waals surface area (Å²) in [6, 6.07) is -0.000156. The Bertz CT molecular complexity index is 254. The Hall–Kier alpha value is -0.610. The average Bonchev–Trinajstić information content (AvgIpc) is 2.27. The van der Waals surface area contributed by atoms with Gasteiger partial charge in [-0.1, -0.05) is 6.92 Å². The van der Waals surface area contributed by atoms with Crippen molar-refractivity contribution in [3.63, 3.8) is 0 Å². The summed E-state index contributed by atoms with van der Waals surface area (Å²) >= 11 is 0. The number of carbonyl (C=O) groups is 1. The molecular formula is C13H26N2O2. The van der Waals surface area contributed by atoms with E-state index in [1.807, 2.05) is 4.90 Å². The lowest BCUT2D eigenvalue weighted by atomic mass is 9.96. The molecule has 1 rings (SSSR count). The lowest BCUT2D eigenvalue weighted by molar-refractivity contribution is -0.144. The Kier molecular flexibility index (Phi) is 5.40. The predicted octanol–water partition coefficient (Wildman–Crippen LogP) is 1.40. The topological polar surface area (TPSA) is 41.6 Å². The van der Waals surface area contributed by atoms with Crippen molar-refractivity contribution >= 4 is 5.91 Å². The van der Waals surface area contributed by atoms with Crippen molar-refractivity contribution in [2.24, 2.45) is 0 Å². The third kappa shape index (κ3) is 3.68. The van der Waals surface area contributed by atoms with Gasteiger partial charge in [-0.05, 0) is 39.7 Å². The molecule has 0 saturated carbocycles. The largest absolute Gasteiger partial charge is 0.382 e. The smallest absolute Gasteiger partial charge is 0.240 e. The third-order valence-electron chi connectivity index (χ3n) is 3.31. The van der Waals surface area contributed by atoms with Crippen molar-refractivity contribution in [1.82, 2.24) is 10.2 Å². The Morgan fingerprint density at radius 1 is 1.53 bits per heavy atom. The van der Waals surface area contributed by atoms with Crippen molar-refractivity contribution < 1.29 is 9.53 Å². The first-order chi connectivity index (χ1) is 8.03. The van der Waals surface area contributed by atoms with Gasteiger partial charge in [-0.25, -0.2) is 0 Å². The Morgan fingerprint density at radius 3 is 2.82 bits per heavy atom. The van der Waals surface area contributed by atoms with Crippen molar-refractivity contribution in [2.45, 2.75) is 51.6 Å². The molecule has 0 aromatic carbocycles. The highest BCUT2D eigenvalue weighted by Crippen LogP contribution is 2.22. The number of methoxy groups -OCH3 is 1. The van der Waals surface area contributed by atoms with Gasteiger partial charge in [0.2, 0.25) is 5.91 Å². The van der Waals surface area contributed by atoms with E-state index < -0.39 is 0 Å². The molecule has 0 spiro atoms. The number of amides is 1. The molecule has 0 aromatic rings. The van der Waals surface area contributed by atoms with Crippen LogP contribution >= 0.6 is 0 Å². The molecule has 1 heterocycles. The van der Waals surface area contributed by atoms with Gasteiger partial charge in [0.25, 0.3) is 0 Å². The van der Waals surface area contributed by atoms with Crippen LogP contribution in [0.25, 0.3) is 0 Å². The number of ether oxygens (including phenoxy) is 1. The standard InChI is InChI=1S/C13H26N2O2/c1-5-8-14-11-7-6-9-15(12(11)16)13(2,3)10-17-4/h11,14H,5-10H2,1-4H3. The van der Waals surface area contributed by atoms with Gasteiger partial charge >= 0.3 is 0 Å². The summed E-state index contributed by atoms with van der Waals surface area (Å²) in [6.07, 6.45) is 3.09. The zero-order valence-corrected chi connectivity index (χ0v) is 11.6. The zero-order valence-electron chi connectivity index (χ0n) is 11.6. The molecular weight excluding hydrogens is 216 g/mol. The van der Waals surface area contributed by atoms with E-state index in [0.29, 0.717) is 6.61 Å². The van der Waals surface area contributed by atoms with Crippen LogP contribution in [0.15, 0.2) is 0 Å². The van der Waals surface area contributed by atoms with E-state index in [1.165, 1.54) is 0 Å². The quantitative estimate of drug-likeness (QED) is 0.765. The maximum absolute atomic E-state index is 12.4. The molecule has 4 heteroatoms. The van der Waals surface area contributed by atoms with Crippen LogP contribution in [0.2, 0.25) is 0 Å². The number of likely N-dealkylation sites (tertiary alicyclic amines) is 1. The van der Waals surface area contributed by atoms with Crippen LogP contribution in [0.1, 0.15) is 40.0 Å². The molecule has 100 valence electrons. The molecule has 1 aliphatic heterocycles. The lowest BCUT2D eigenvalue weighted by Gasteiger charge is -2.43. The van der Waals surface area contributed by atoms with E-state index in [2.05, 4.69) is 26.1 Å². The van der Waals surface area contributed by atoms with E-state index in [1.54, 1.807) is 7.11 Å². The molecule has 0 bridgehead atoms. The fourth-order valence-corrected chi connectivity index (χ4v) is 2.42. The molecule has 1 unspecified atom stereocenters. The van der Waals surface area contributed by atoms with E-state index >= 15 is 0 Å². The Labute approximate surface area is 105 Å². The molecule has 4 nitrogen and oxygen atoms in total. The first kappa shape index (κ1) is 14.5. The molecule has 1 fully saturated rings. The number of hydrogen-bond acceptors (Lipinski definition) is 3. The van der Waals surface area contributed by atoms with Gasteiger partial charge in [0.15, 0.2) is 0 Å². The summed E-state index contributed by atoms with van der Waals surface area (Å²) in [5.74, 6) is 0.228. The number of nitrogens with one attached hydrogen (secondary N) is 1. The minimum Gasteiger partial charge on any atom is -0.382 e. The number of carbonyl (C=O) groups excluding carboxylic acids is 1. The van der Waals surface area contributed by atoms with Crippen LogP contribution in [-0.2, 0) is 9.53 Å². The molecule has 17 heavy (non-hydrogen) atoms. The van der Waals surface area contributed by atoms with Crippen LogP contribution in [0.3, 0.4) is 0 Å². The van der Waals surface area contributed by atoms with Crippen molar-refractivity contribution in [3.8, 4) is 0 Å². The molecule has 0 aromatic heterocycles. The fourth-order valence-electron chi connectivity index (χ4n) is 2.42. The van der Waals surface area contributed by atoms with Gasteiger partial charge in [-0.15, -0.1) is 0 Å². The second-order valence-corrected chi connectivity index (χ2v) is 5.38. The normalized spacial score (nSPS) is 22.0. The van der Waals surface area contributed by atoms with Crippen LogP contribution in [0.4, 0.5) is 0 Å². The van der Waals surface area contributed by atoms with Crippen molar-refractivity contribution in [1.29, 1.82) is 0 Å². The highest BCUT2D eigenvalue weighted by atomic mass is 16.5. The SMILES string of the molecule is CCCNC1CCCN(C(C)(C)COC)C1=O. The number of hydrogen-bond donors (Lipinski definition) is 1. The fraction of sp³-hybridized carbons (Fsp3) is 0.923. The van der Waals surface area contributed by atoms with Gasteiger partial charge in [-0.3, -0.25) is 4.79 Å². The Balaban J connectivity index is 2.64. The van der Waals surface area contributed by atoms with Gasteiger partial charge < -0.3 is 15.0 Å². The molecule has 0 aliphatic carbocycles. The summed E-state index contributed by atoms with van der Waals surface area (Å²) < 4.78 is 5.21. The molecule has 1 N–H and O–H groups in total.